The van der Waals surface area contributed by atoms with Crippen LogP contribution in [0.4, 0.5) is 4.79 Å². The van der Waals surface area contributed by atoms with E-state index in [2.05, 4.69) is 26.3 Å². The van der Waals surface area contributed by atoms with Crippen molar-refractivity contribution >= 4 is 28.2 Å². The van der Waals surface area contributed by atoms with Gasteiger partial charge in [-0.25, -0.2) is 4.79 Å². The molecule has 5 nitrogen and oxygen atoms in total. The van der Waals surface area contributed by atoms with Crippen LogP contribution in [0, 0.1) is 0 Å². The summed E-state index contributed by atoms with van der Waals surface area (Å²) in [5, 5.41) is 9.42. The molecule has 0 saturated carbocycles. The number of carbonyl (C=O) groups excluding carboxylic acids is 1. The molecule has 1 amide bonds. The summed E-state index contributed by atoms with van der Waals surface area (Å²) in [6, 6.07) is 7.44. The van der Waals surface area contributed by atoms with E-state index in [-0.39, 0.29) is 6.04 Å². The molecule has 23 heavy (non-hydrogen) atoms. The third-order valence-electron chi connectivity index (χ3n) is 3.37. The fourth-order valence-corrected chi connectivity index (χ4v) is 2.87. The monoisotopic (exact) mass is 381 g/mol. The van der Waals surface area contributed by atoms with E-state index in [0.29, 0.717) is 0 Å². The molecule has 1 fully saturated rings. The topological polar surface area (TPSA) is 53.9 Å². The predicted octanol–water partition coefficient (Wildman–Crippen LogP) is 4.10. The Balaban J connectivity index is 2.14. The van der Waals surface area contributed by atoms with Gasteiger partial charge in [0.2, 0.25) is 0 Å². The van der Waals surface area contributed by atoms with E-state index in [0.717, 1.165) is 36.0 Å². The highest BCUT2D eigenvalue weighted by atomic mass is 79.9. The molecule has 1 aliphatic rings. The predicted molar refractivity (Wildman–Crippen MR) is 95.6 cm³/mol. The number of amides is 1. The van der Waals surface area contributed by atoms with Crippen molar-refractivity contribution in [2.45, 2.75) is 45.3 Å². The molecule has 0 spiro atoms. The molecule has 0 aromatic heterocycles. The number of hydrogen-bond donors (Lipinski definition) is 1. The lowest BCUT2D eigenvalue weighted by Crippen LogP contribution is -2.36. The van der Waals surface area contributed by atoms with Crippen molar-refractivity contribution in [1.82, 2.24) is 10.3 Å². The van der Waals surface area contributed by atoms with E-state index in [4.69, 9.17) is 4.74 Å². The summed E-state index contributed by atoms with van der Waals surface area (Å²) in [6.45, 7) is 7.46. The van der Waals surface area contributed by atoms with Crippen LogP contribution >= 0.6 is 15.9 Å². The summed E-state index contributed by atoms with van der Waals surface area (Å²) in [7, 11) is 0. The van der Waals surface area contributed by atoms with E-state index in [1.54, 1.807) is 6.21 Å². The number of benzene rings is 1. The van der Waals surface area contributed by atoms with Crippen molar-refractivity contribution in [2.24, 2.45) is 5.10 Å². The van der Waals surface area contributed by atoms with Crippen LogP contribution in [0.1, 0.15) is 45.2 Å². The lowest BCUT2D eigenvalue weighted by Gasteiger charge is -2.23. The second-order valence-electron chi connectivity index (χ2n) is 6.57. The van der Waals surface area contributed by atoms with Crippen LogP contribution in [0.15, 0.2) is 33.8 Å². The van der Waals surface area contributed by atoms with Gasteiger partial charge in [0.25, 0.3) is 0 Å². The van der Waals surface area contributed by atoms with Gasteiger partial charge in [-0.1, -0.05) is 34.1 Å². The van der Waals surface area contributed by atoms with Gasteiger partial charge in [-0.3, -0.25) is 5.01 Å². The Hall–Kier alpha value is -1.56. The molecule has 0 radical (unpaired) electrons. The van der Waals surface area contributed by atoms with E-state index in [1.165, 1.54) is 0 Å². The fraction of sp³-hybridized carbons (Fsp3) is 0.529. The van der Waals surface area contributed by atoms with Crippen molar-refractivity contribution in [1.29, 1.82) is 0 Å². The van der Waals surface area contributed by atoms with Gasteiger partial charge in [0.05, 0.1) is 12.3 Å². The summed E-state index contributed by atoms with van der Waals surface area (Å²) in [5.41, 5.74) is 0.413. The van der Waals surface area contributed by atoms with Gasteiger partial charge in [0.15, 0.2) is 0 Å². The zero-order chi connectivity index (χ0) is 16.9. The number of halogens is 1. The first-order valence-corrected chi connectivity index (χ1v) is 8.67. The Bertz CT molecular complexity index is 563. The third kappa shape index (κ3) is 5.86. The van der Waals surface area contributed by atoms with Gasteiger partial charge in [-0.15, -0.1) is 0 Å². The zero-order valence-electron chi connectivity index (χ0n) is 13.9. The summed E-state index contributed by atoms with van der Waals surface area (Å²) in [6.07, 6.45) is 3.65. The van der Waals surface area contributed by atoms with Crippen LogP contribution in [-0.4, -0.2) is 36.0 Å². The molecular formula is C17H24BrN3O2. The van der Waals surface area contributed by atoms with Gasteiger partial charge >= 0.3 is 6.09 Å². The van der Waals surface area contributed by atoms with Crippen molar-refractivity contribution in [3.63, 3.8) is 0 Å². The number of hydrazone groups is 1. The molecule has 1 atom stereocenters. The number of carbonyl (C=O) groups is 1. The maximum atomic E-state index is 12.1. The van der Waals surface area contributed by atoms with Crippen LogP contribution in [0.2, 0.25) is 0 Å². The Morgan fingerprint density at radius 3 is 2.61 bits per heavy atom. The number of ether oxygens (including phenoxy) is 1. The second kappa shape index (κ2) is 7.81. The first-order valence-electron chi connectivity index (χ1n) is 7.88. The molecule has 1 aromatic carbocycles. The molecule has 126 valence electrons. The van der Waals surface area contributed by atoms with Gasteiger partial charge in [-0.05, 0) is 45.2 Å². The van der Waals surface area contributed by atoms with Gasteiger partial charge in [0.1, 0.15) is 5.60 Å². The Morgan fingerprint density at radius 2 is 2.00 bits per heavy atom. The lowest BCUT2D eigenvalue weighted by molar-refractivity contribution is 0.0518. The molecular weight excluding hydrogens is 358 g/mol. The smallest absolute Gasteiger partial charge is 0.408 e. The molecule has 1 heterocycles. The molecule has 1 aliphatic heterocycles. The first-order chi connectivity index (χ1) is 10.8. The highest BCUT2D eigenvalue weighted by Gasteiger charge is 2.21. The molecule has 1 aromatic rings. The van der Waals surface area contributed by atoms with Crippen molar-refractivity contribution in [3.8, 4) is 0 Å². The number of hydrogen-bond acceptors (Lipinski definition) is 4. The molecule has 0 bridgehead atoms. The average molecular weight is 382 g/mol. The highest BCUT2D eigenvalue weighted by molar-refractivity contribution is 9.10. The number of nitrogens with one attached hydrogen (secondary N) is 1. The van der Waals surface area contributed by atoms with Gasteiger partial charge in [-0.2, -0.15) is 5.10 Å². The minimum absolute atomic E-state index is 0.346. The second-order valence-corrected chi connectivity index (χ2v) is 7.43. The molecule has 0 aliphatic carbocycles. The van der Waals surface area contributed by atoms with Crippen LogP contribution in [-0.2, 0) is 4.74 Å². The molecule has 6 heteroatoms. The highest BCUT2D eigenvalue weighted by Crippen LogP contribution is 2.23. The SMILES string of the molecule is CC(C)(C)OC(=O)NC(/C=N/N1CCCC1)c1ccccc1Br. The maximum Gasteiger partial charge on any atom is 0.408 e. The number of alkyl carbamates (subject to hydrolysis) is 1. The minimum atomic E-state index is -0.533. The standard InChI is InChI=1S/C17H24BrN3O2/c1-17(2,3)23-16(22)20-15(12-19-21-10-6-7-11-21)13-8-4-5-9-14(13)18/h4-5,8-9,12,15H,6-7,10-11H2,1-3H3,(H,20,22)/b19-12+. The molecule has 1 unspecified atom stereocenters. The largest absolute Gasteiger partial charge is 0.444 e. The fourth-order valence-electron chi connectivity index (χ4n) is 2.33. The summed E-state index contributed by atoms with van der Waals surface area (Å²) in [4.78, 5) is 12.1. The minimum Gasteiger partial charge on any atom is -0.444 e. The zero-order valence-corrected chi connectivity index (χ0v) is 15.5. The van der Waals surface area contributed by atoms with Crippen LogP contribution in [0.3, 0.4) is 0 Å². The van der Waals surface area contributed by atoms with Crippen molar-refractivity contribution in [3.05, 3.63) is 34.3 Å². The molecule has 1 N–H and O–H groups in total. The van der Waals surface area contributed by atoms with E-state index in [1.807, 2.05) is 50.0 Å². The summed E-state index contributed by atoms with van der Waals surface area (Å²) >= 11 is 3.53. The number of rotatable bonds is 4. The lowest BCUT2D eigenvalue weighted by atomic mass is 10.1. The first kappa shape index (κ1) is 17.8. The van der Waals surface area contributed by atoms with Crippen LogP contribution < -0.4 is 5.32 Å². The van der Waals surface area contributed by atoms with E-state index >= 15 is 0 Å². The van der Waals surface area contributed by atoms with E-state index in [9.17, 15) is 4.79 Å². The van der Waals surface area contributed by atoms with Crippen molar-refractivity contribution < 1.29 is 9.53 Å². The maximum absolute atomic E-state index is 12.1. The molecule has 2 rings (SSSR count). The average Bonchev–Trinajstić information content (AvgIpc) is 2.95. The Labute approximate surface area is 146 Å². The summed E-state index contributed by atoms with van der Waals surface area (Å²) < 4.78 is 6.29. The van der Waals surface area contributed by atoms with Crippen LogP contribution in [0.25, 0.3) is 0 Å². The Morgan fingerprint density at radius 1 is 1.35 bits per heavy atom. The quantitative estimate of drug-likeness (QED) is 0.798. The van der Waals surface area contributed by atoms with Gasteiger partial charge in [0, 0.05) is 17.6 Å². The normalized spacial score (nSPS) is 16.6. The van der Waals surface area contributed by atoms with Gasteiger partial charge < -0.3 is 10.1 Å². The molecule has 1 saturated heterocycles. The van der Waals surface area contributed by atoms with Crippen molar-refractivity contribution in [2.75, 3.05) is 13.1 Å². The van der Waals surface area contributed by atoms with Crippen LogP contribution in [0.5, 0.6) is 0 Å². The summed E-state index contributed by atoms with van der Waals surface area (Å²) in [5.74, 6) is 0. The van der Waals surface area contributed by atoms with E-state index < -0.39 is 11.7 Å². The third-order valence-corrected chi connectivity index (χ3v) is 4.10. The Kier molecular flexibility index (Phi) is 6.04. The number of nitrogens with zero attached hydrogens (tertiary/aromatic N) is 2.